The molecule has 0 fully saturated rings. The van der Waals surface area contributed by atoms with Crippen molar-refractivity contribution in [2.45, 2.75) is 33.4 Å². The Kier molecular flexibility index (Phi) is 5.98. The van der Waals surface area contributed by atoms with Crippen LogP contribution >= 0.6 is 22.9 Å². The van der Waals surface area contributed by atoms with E-state index in [9.17, 15) is 4.79 Å². The molecule has 0 radical (unpaired) electrons. The van der Waals surface area contributed by atoms with E-state index in [0.717, 1.165) is 32.8 Å². The molecule has 2 amide bonds. The van der Waals surface area contributed by atoms with Gasteiger partial charge in [-0.2, -0.15) is 4.98 Å². The number of benzene rings is 2. The van der Waals surface area contributed by atoms with E-state index in [1.165, 1.54) is 5.56 Å². The maximum atomic E-state index is 13.2. The third kappa shape index (κ3) is 4.24. The summed E-state index contributed by atoms with van der Waals surface area (Å²) >= 11 is 7.77. The number of urea groups is 1. The number of aryl methyl sites for hydroxylation is 2. The van der Waals surface area contributed by atoms with Gasteiger partial charge in [0, 0.05) is 21.2 Å². The monoisotopic (exact) mass is 490 g/mol. The number of allylic oxidation sites excluding steroid dienone is 1. The standard InChI is InChI=1S/C26H23ClN4O2S/c1-15-9-10-18(12-16(15)2)23-22(17(3)31(26(32)28-23)14-21-8-5-11-34-21)25-29-24(30-33-25)19-6-4-7-20(27)13-19/h4-13,23H,14H2,1-3H3,(H,28,32). The van der Waals surface area contributed by atoms with E-state index in [4.69, 9.17) is 21.1 Å². The van der Waals surface area contributed by atoms with Crippen LogP contribution in [0.3, 0.4) is 0 Å². The molecule has 0 spiro atoms. The lowest BCUT2D eigenvalue weighted by atomic mass is 9.92. The summed E-state index contributed by atoms with van der Waals surface area (Å²) in [6.07, 6.45) is 0. The van der Waals surface area contributed by atoms with Crippen molar-refractivity contribution in [3.05, 3.63) is 98.2 Å². The molecule has 1 atom stereocenters. The average Bonchev–Trinajstić information content (AvgIpc) is 3.50. The van der Waals surface area contributed by atoms with E-state index >= 15 is 0 Å². The van der Waals surface area contributed by atoms with Crippen molar-refractivity contribution in [2.75, 3.05) is 0 Å². The number of rotatable bonds is 5. The van der Waals surface area contributed by atoms with Crippen molar-refractivity contribution >= 4 is 34.5 Å². The zero-order valence-corrected chi connectivity index (χ0v) is 20.6. The molecule has 2 aromatic carbocycles. The van der Waals surface area contributed by atoms with E-state index in [-0.39, 0.29) is 6.03 Å². The fraction of sp³-hybridized carbons (Fsp3) is 0.192. The first kappa shape index (κ1) is 22.4. The van der Waals surface area contributed by atoms with Crippen LogP contribution in [0.15, 0.2) is 70.2 Å². The summed E-state index contributed by atoms with van der Waals surface area (Å²) in [5.41, 5.74) is 5.62. The quantitative estimate of drug-likeness (QED) is 0.335. The number of halogens is 1. The van der Waals surface area contributed by atoms with Gasteiger partial charge in [-0.3, -0.25) is 4.90 Å². The summed E-state index contributed by atoms with van der Waals surface area (Å²) in [6, 6.07) is 16.9. The van der Waals surface area contributed by atoms with Crippen molar-refractivity contribution in [2.24, 2.45) is 0 Å². The van der Waals surface area contributed by atoms with Crippen molar-refractivity contribution in [3.8, 4) is 11.4 Å². The van der Waals surface area contributed by atoms with Crippen LogP contribution in [0.5, 0.6) is 0 Å². The highest BCUT2D eigenvalue weighted by Gasteiger charge is 2.36. The molecule has 1 aliphatic heterocycles. The number of thiophene rings is 1. The molecular weight excluding hydrogens is 468 g/mol. The van der Waals surface area contributed by atoms with E-state index in [2.05, 4.69) is 36.5 Å². The van der Waals surface area contributed by atoms with E-state index < -0.39 is 6.04 Å². The molecule has 1 aliphatic rings. The second-order valence-corrected chi connectivity index (χ2v) is 9.79. The third-order valence-electron chi connectivity index (χ3n) is 6.09. The smallest absolute Gasteiger partial charge is 0.322 e. The third-order valence-corrected chi connectivity index (χ3v) is 7.19. The summed E-state index contributed by atoms with van der Waals surface area (Å²) in [5, 5.41) is 9.97. The molecule has 3 heterocycles. The van der Waals surface area contributed by atoms with Gasteiger partial charge in [0.2, 0.25) is 5.82 Å². The molecule has 0 saturated carbocycles. The SMILES string of the molecule is CC1=C(c2nc(-c3cccc(Cl)c3)no2)C(c2ccc(C)c(C)c2)NC(=O)N1Cc1cccs1. The van der Waals surface area contributed by atoms with Gasteiger partial charge in [0.05, 0.1) is 18.2 Å². The Balaban J connectivity index is 1.62. The first-order chi connectivity index (χ1) is 16.4. The van der Waals surface area contributed by atoms with Gasteiger partial charge in [0.15, 0.2) is 0 Å². The van der Waals surface area contributed by atoms with Crippen LogP contribution < -0.4 is 5.32 Å². The predicted octanol–water partition coefficient (Wildman–Crippen LogP) is 6.77. The fourth-order valence-electron chi connectivity index (χ4n) is 4.08. The molecule has 34 heavy (non-hydrogen) atoms. The van der Waals surface area contributed by atoms with Crippen LogP contribution in [0.2, 0.25) is 5.02 Å². The molecule has 4 aromatic rings. The minimum atomic E-state index is -0.418. The molecule has 1 unspecified atom stereocenters. The van der Waals surface area contributed by atoms with Crippen molar-refractivity contribution in [1.29, 1.82) is 0 Å². The Labute approximate surface area is 206 Å². The number of carbonyl (C=O) groups excluding carboxylic acids is 1. The van der Waals surface area contributed by atoms with Gasteiger partial charge in [-0.1, -0.05) is 53.2 Å². The van der Waals surface area contributed by atoms with E-state index in [1.54, 1.807) is 28.4 Å². The van der Waals surface area contributed by atoms with Crippen LogP contribution in [0, 0.1) is 13.8 Å². The molecule has 2 aromatic heterocycles. The van der Waals surface area contributed by atoms with Crippen LogP contribution in [-0.2, 0) is 6.54 Å². The van der Waals surface area contributed by atoms with Gasteiger partial charge in [0.1, 0.15) is 0 Å². The highest BCUT2D eigenvalue weighted by molar-refractivity contribution is 7.09. The Morgan fingerprint density at radius 3 is 2.68 bits per heavy atom. The van der Waals surface area contributed by atoms with Crippen LogP contribution in [0.25, 0.3) is 17.0 Å². The average molecular weight is 491 g/mol. The van der Waals surface area contributed by atoms with E-state index in [0.29, 0.717) is 23.3 Å². The first-order valence-corrected chi connectivity index (χ1v) is 12.1. The number of nitrogens with one attached hydrogen (secondary N) is 1. The highest BCUT2D eigenvalue weighted by atomic mass is 35.5. The first-order valence-electron chi connectivity index (χ1n) is 10.9. The highest BCUT2D eigenvalue weighted by Crippen LogP contribution is 2.38. The fourth-order valence-corrected chi connectivity index (χ4v) is 4.96. The molecule has 8 heteroatoms. The minimum Gasteiger partial charge on any atom is -0.334 e. The number of hydrogen-bond donors (Lipinski definition) is 1. The van der Waals surface area contributed by atoms with Crippen molar-refractivity contribution < 1.29 is 9.32 Å². The molecule has 0 aliphatic carbocycles. The molecule has 1 N–H and O–H groups in total. The molecule has 5 rings (SSSR count). The van der Waals surface area contributed by atoms with Gasteiger partial charge < -0.3 is 9.84 Å². The van der Waals surface area contributed by atoms with Gasteiger partial charge in [-0.05, 0) is 61.0 Å². The predicted molar refractivity (Wildman–Crippen MR) is 134 cm³/mol. The van der Waals surface area contributed by atoms with Gasteiger partial charge in [0.25, 0.3) is 5.89 Å². The normalized spacial score (nSPS) is 16.2. The van der Waals surface area contributed by atoms with E-state index in [1.807, 2.05) is 42.6 Å². The Bertz CT molecular complexity index is 1390. The van der Waals surface area contributed by atoms with Crippen LogP contribution in [-0.4, -0.2) is 21.1 Å². The largest absolute Gasteiger partial charge is 0.334 e. The summed E-state index contributed by atoms with van der Waals surface area (Å²) in [4.78, 5) is 20.7. The number of hydrogen-bond acceptors (Lipinski definition) is 5. The summed E-state index contributed by atoms with van der Waals surface area (Å²) in [5.74, 6) is 0.810. The molecule has 0 bridgehead atoms. The molecular formula is C26H23ClN4O2S. The van der Waals surface area contributed by atoms with Gasteiger partial charge in [-0.25, -0.2) is 4.79 Å². The second-order valence-electron chi connectivity index (χ2n) is 8.32. The zero-order valence-electron chi connectivity index (χ0n) is 19.0. The number of aromatic nitrogens is 2. The molecule has 6 nitrogen and oxygen atoms in total. The Hall–Kier alpha value is -3.42. The summed E-state index contributed by atoms with van der Waals surface area (Å²) in [7, 11) is 0. The van der Waals surface area contributed by atoms with Crippen molar-refractivity contribution in [1.82, 2.24) is 20.4 Å². The molecule has 0 saturated heterocycles. The number of amides is 2. The lowest BCUT2D eigenvalue weighted by molar-refractivity contribution is 0.203. The number of nitrogens with zero attached hydrogens (tertiary/aromatic N) is 3. The Morgan fingerprint density at radius 1 is 1.09 bits per heavy atom. The molecule has 172 valence electrons. The Morgan fingerprint density at radius 2 is 1.94 bits per heavy atom. The lowest BCUT2D eigenvalue weighted by Gasteiger charge is -2.35. The van der Waals surface area contributed by atoms with Crippen molar-refractivity contribution in [3.63, 3.8) is 0 Å². The summed E-state index contributed by atoms with van der Waals surface area (Å²) < 4.78 is 5.76. The second kappa shape index (κ2) is 9.08. The zero-order chi connectivity index (χ0) is 23.8. The minimum absolute atomic E-state index is 0.160. The lowest BCUT2D eigenvalue weighted by Crippen LogP contribution is -2.45. The maximum Gasteiger partial charge on any atom is 0.322 e. The van der Waals surface area contributed by atoms with Gasteiger partial charge in [-0.15, -0.1) is 11.3 Å². The topological polar surface area (TPSA) is 71.3 Å². The maximum absolute atomic E-state index is 13.2. The van der Waals surface area contributed by atoms with Crippen LogP contribution in [0.4, 0.5) is 4.79 Å². The van der Waals surface area contributed by atoms with Gasteiger partial charge >= 0.3 is 6.03 Å². The summed E-state index contributed by atoms with van der Waals surface area (Å²) in [6.45, 7) is 6.53. The number of carbonyl (C=O) groups is 1. The van der Waals surface area contributed by atoms with Crippen LogP contribution in [0.1, 0.15) is 40.4 Å².